The van der Waals surface area contributed by atoms with Gasteiger partial charge in [0, 0.05) is 10.0 Å². The first-order chi connectivity index (χ1) is 12.8. The van der Waals surface area contributed by atoms with Gasteiger partial charge in [0.05, 0.1) is 15.7 Å². The molecule has 0 saturated carbocycles. The number of carbonyl (C=O) groups is 3. The quantitative estimate of drug-likeness (QED) is 0.619. The van der Waals surface area contributed by atoms with E-state index in [9.17, 15) is 14.4 Å². The van der Waals surface area contributed by atoms with Crippen molar-refractivity contribution in [3.63, 3.8) is 0 Å². The van der Waals surface area contributed by atoms with Gasteiger partial charge in [0.2, 0.25) is 0 Å². The van der Waals surface area contributed by atoms with Crippen LogP contribution >= 0.6 is 39.1 Å². The number of hydrogen-bond acceptors (Lipinski definition) is 4. The van der Waals surface area contributed by atoms with Crippen molar-refractivity contribution in [1.82, 2.24) is 5.32 Å². The van der Waals surface area contributed by atoms with Gasteiger partial charge in [-0.1, -0.05) is 45.2 Å². The second-order valence-corrected chi connectivity index (χ2v) is 7.11. The lowest BCUT2D eigenvalue weighted by Crippen LogP contribution is -2.35. The number of benzene rings is 2. The molecule has 0 spiro atoms. The van der Waals surface area contributed by atoms with Crippen LogP contribution in [0.25, 0.3) is 0 Å². The molecule has 1 unspecified atom stereocenters. The second-order valence-electron chi connectivity index (χ2n) is 5.41. The third kappa shape index (κ3) is 6.23. The van der Waals surface area contributed by atoms with Crippen LogP contribution < -0.4 is 10.6 Å². The number of carbonyl (C=O) groups excluding carboxylic acids is 3. The van der Waals surface area contributed by atoms with E-state index in [-0.39, 0.29) is 16.6 Å². The number of rotatable bonds is 6. The van der Waals surface area contributed by atoms with Crippen molar-refractivity contribution in [2.24, 2.45) is 0 Å². The van der Waals surface area contributed by atoms with Gasteiger partial charge in [-0.15, -0.1) is 0 Å². The monoisotopic (exact) mass is 472 g/mol. The predicted molar refractivity (Wildman–Crippen MR) is 107 cm³/mol. The van der Waals surface area contributed by atoms with Crippen LogP contribution in [0.2, 0.25) is 10.0 Å². The molecule has 2 aromatic rings. The summed E-state index contributed by atoms with van der Waals surface area (Å²) >= 11 is 15.1. The Morgan fingerprint density at radius 1 is 1.11 bits per heavy atom. The first-order valence-electron chi connectivity index (χ1n) is 7.76. The van der Waals surface area contributed by atoms with Gasteiger partial charge in [0.25, 0.3) is 11.8 Å². The van der Waals surface area contributed by atoms with Crippen LogP contribution in [0.15, 0.2) is 46.9 Å². The molecule has 142 valence electrons. The Morgan fingerprint density at radius 3 is 2.44 bits per heavy atom. The highest BCUT2D eigenvalue weighted by Gasteiger charge is 2.19. The van der Waals surface area contributed by atoms with Crippen LogP contribution in [0.4, 0.5) is 5.69 Å². The number of nitrogens with one attached hydrogen (secondary N) is 2. The highest BCUT2D eigenvalue weighted by atomic mass is 79.9. The molecule has 2 rings (SSSR count). The molecule has 0 heterocycles. The molecular weight excluding hydrogens is 459 g/mol. The molecule has 1 atom stereocenters. The van der Waals surface area contributed by atoms with Gasteiger partial charge < -0.3 is 15.4 Å². The molecule has 6 nitrogen and oxygen atoms in total. The van der Waals surface area contributed by atoms with Crippen molar-refractivity contribution in [3.05, 3.63) is 62.5 Å². The summed E-state index contributed by atoms with van der Waals surface area (Å²) in [5.41, 5.74) is 0.702. The zero-order valence-electron chi connectivity index (χ0n) is 14.1. The standard InChI is InChI=1S/C18H15BrCl2N2O4/c1-10(17(25)23-14-4-2-3-13(20)16(14)21)27-15(24)9-22-18(26)11-5-7-12(19)8-6-11/h2-8,10H,9H2,1H3,(H,22,26)(H,23,25). The molecule has 0 bridgehead atoms. The van der Waals surface area contributed by atoms with Crippen molar-refractivity contribution in [2.45, 2.75) is 13.0 Å². The molecular formula is C18H15BrCl2N2O4. The third-order valence-electron chi connectivity index (χ3n) is 3.39. The van der Waals surface area contributed by atoms with Crippen LogP contribution in [0.3, 0.4) is 0 Å². The van der Waals surface area contributed by atoms with Crippen LogP contribution in [0, 0.1) is 0 Å². The zero-order chi connectivity index (χ0) is 20.0. The van der Waals surface area contributed by atoms with Crippen molar-refractivity contribution < 1.29 is 19.1 Å². The van der Waals surface area contributed by atoms with Gasteiger partial charge in [-0.25, -0.2) is 0 Å². The highest BCUT2D eigenvalue weighted by molar-refractivity contribution is 9.10. The van der Waals surface area contributed by atoms with E-state index >= 15 is 0 Å². The number of halogens is 3. The fourth-order valence-electron chi connectivity index (χ4n) is 1.98. The Hall–Kier alpha value is -2.09. The molecule has 2 aromatic carbocycles. The first-order valence-corrected chi connectivity index (χ1v) is 9.31. The highest BCUT2D eigenvalue weighted by Crippen LogP contribution is 2.29. The van der Waals surface area contributed by atoms with E-state index in [1.54, 1.807) is 42.5 Å². The van der Waals surface area contributed by atoms with Gasteiger partial charge in [-0.05, 0) is 43.3 Å². The minimum atomic E-state index is -1.09. The maximum Gasteiger partial charge on any atom is 0.326 e. The second kappa shape index (κ2) is 9.73. The summed E-state index contributed by atoms with van der Waals surface area (Å²) in [6, 6.07) is 11.4. The lowest BCUT2D eigenvalue weighted by molar-refractivity contribution is -0.152. The number of esters is 1. The van der Waals surface area contributed by atoms with Crippen molar-refractivity contribution >= 4 is 62.6 Å². The van der Waals surface area contributed by atoms with Gasteiger partial charge in [-0.3, -0.25) is 14.4 Å². The first kappa shape index (κ1) is 21.2. The molecule has 0 aliphatic carbocycles. The summed E-state index contributed by atoms with van der Waals surface area (Å²) in [4.78, 5) is 35.9. The van der Waals surface area contributed by atoms with Crippen molar-refractivity contribution in [2.75, 3.05) is 11.9 Å². The number of hydrogen-bond donors (Lipinski definition) is 2. The lowest BCUT2D eigenvalue weighted by Gasteiger charge is -2.15. The van der Waals surface area contributed by atoms with Gasteiger partial charge >= 0.3 is 5.97 Å². The van der Waals surface area contributed by atoms with E-state index in [1.807, 2.05) is 0 Å². The average Bonchev–Trinajstić information content (AvgIpc) is 2.64. The molecule has 0 saturated heterocycles. The fourth-order valence-corrected chi connectivity index (χ4v) is 2.59. The number of ether oxygens (including phenoxy) is 1. The Kier molecular flexibility index (Phi) is 7.65. The fraction of sp³-hybridized carbons (Fsp3) is 0.167. The molecule has 27 heavy (non-hydrogen) atoms. The summed E-state index contributed by atoms with van der Waals surface area (Å²) in [5.74, 6) is -1.76. The third-order valence-corrected chi connectivity index (χ3v) is 4.73. The molecule has 0 radical (unpaired) electrons. The summed E-state index contributed by atoms with van der Waals surface area (Å²) in [6.45, 7) is 1.03. The average molecular weight is 474 g/mol. The Balaban J connectivity index is 1.83. The summed E-state index contributed by atoms with van der Waals surface area (Å²) in [6.07, 6.45) is -1.09. The molecule has 0 aliphatic rings. The summed E-state index contributed by atoms with van der Waals surface area (Å²) in [7, 11) is 0. The van der Waals surface area contributed by atoms with Crippen LogP contribution in [0.5, 0.6) is 0 Å². The van der Waals surface area contributed by atoms with Gasteiger partial charge in [0.1, 0.15) is 6.54 Å². The molecule has 0 aromatic heterocycles. The maximum absolute atomic E-state index is 12.1. The maximum atomic E-state index is 12.1. The SMILES string of the molecule is CC(OC(=O)CNC(=O)c1ccc(Br)cc1)C(=O)Nc1cccc(Cl)c1Cl. The minimum absolute atomic E-state index is 0.188. The topological polar surface area (TPSA) is 84.5 Å². The van der Waals surface area contributed by atoms with E-state index in [2.05, 4.69) is 26.6 Å². The smallest absolute Gasteiger partial charge is 0.326 e. The van der Waals surface area contributed by atoms with E-state index in [1.165, 1.54) is 6.92 Å². The zero-order valence-corrected chi connectivity index (χ0v) is 17.2. The van der Waals surface area contributed by atoms with E-state index < -0.39 is 23.9 Å². The van der Waals surface area contributed by atoms with Crippen molar-refractivity contribution in [1.29, 1.82) is 0 Å². The lowest BCUT2D eigenvalue weighted by atomic mass is 10.2. The number of anilines is 1. The normalized spacial score (nSPS) is 11.4. The van der Waals surface area contributed by atoms with Gasteiger partial charge in [0.15, 0.2) is 6.10 Å². The Bertz CT molecular complexity index is 859. The number of amides is 2. The van der Waals surface area contributed by atoms with E-state index in [0.29, 0.717) is 11.3 Å². The molecule has 2 N–H and O–H groups in total. The van der Waals surface area contributed by atoms with Crippen LogP contribution in [-0.2, 0) is 14.3 Å². The Morgan fingerprint density at radius 2 is 1.78 bits per heavy atom. The van der Waals surface area contributed by atoms with Gasteiger partial charge in [-0.2, -0.15) is 0 Å². The minimum Gasteiger partial charge on any atom is -0.451 e. The van der Waals surface area contributed by atoms with E-state index in [4.69, 9.17) is 27.9 Å². The molecule has 0 fully saturated rings. The van der Waals surface area contributed by atoms with Crippen molar-refractivity contribution in [3.8, 4) is 0 Å². The molecule has 9 heteroatoms. The predicted octanol–water partition coefficient (Wildman–Crippen LogP) is 4.06. The molecule has 2 amide bonds. The molecule has 0 aliphatic heterocycles. The largest absolute Gasteiger partial charge is 0.451 e. The van der Waals surface area contributed by atoms with Crippen LogP contribution in [-0.4, -0.2) is 30.4 Å². The summed E-state index contributed by atoms with van der Waals surface area (Å²) < 4.78 is 5.84. The van der Waals surface area contributed by atoms with Crippen LogP contribution in [0.1, 0.15) is 17.3 Å². The summed E-state index contributed by atoms with van der Waals surface area (Å²) in [5, 5.41) is 5.43. The Labute approximate surface area is 174 Å². The van der Waals surface area contributed by atoms with E-state index in [0.717, 1.165) is 4.47 Å².